The number of amides is 1. The fourth-order valence-electron chi connectivity index (χ4n) is 5.06. The van der Waals surface area contributed by atoms with Crippen molar-refractivity contribution in [3.05, 3.63) is 82.3 Å². The number of aryl methyl sites for hydroxylation is 2. The molecule has 0 unspecified atom stereocenters. The lowest BCUT2D eigenvalue weighted by Crippen LogP contribution is -2.50. The number of rotatable bonds is 6. The Morgan fingerprint density at radius 3 is 2.43 bits per heavy atom. The van der Waals surface area contributed by atoms with E-state index in [9.17, 15) is 4.79 Å². The monoisotopic (exact) mass is 534 g/mol. The van der Waals surface area contributed by atoms with E-state index in [1.165, 1.54) is 23.0 Å². The van der Waals surface area contributed by atoms with Crippen molar-refractivity contribution in [3.63, 3.8) is 0 Å². The van der Waals surface area contributed by atoms with Crippen molar-refractivity contribution in [2.45, 2.75) is 31.7 Å². The number of hydrogen-bond donors (Lipinski definition) is 0. The number of carbonyl (C=O) groups is 1. The van der Waals surface area contributed by atoms with Crippen LogP contribution in [0.1, 0.15) is 34.6 Å². The highest BCUT2D eigenvalue weighted by Gasteiger charge is 2.29. The molecule has 182 valence electrons. The van der Waals surface area contributed by atoms with Gasteiger partial charge in [-0.3, -0.25) is 9.69 Å². The molecule has 0 radical (unpaired) electrons. The molecule has 3 heterocycles. The number of morpholine rings is 1. The molecule has 0 bridgehead atoms. The van der Waals surface area contributed by atoms with Crippen molar-refractivity contribution in [1.82, 2.24) is 19.8 Å². The number of carbonyl (C=O) groups excluding carboxylic acids is 1. The fourth-order valence-corrected chi connectivity index (χ4v) is 5.63. The molecule has 0 spiro atoms. The summed E-state index contributed by atoms with van der Waals surface area (Å²) in [6.45, 7) is 5.14. The fraction of sp³-hybridized carbons (Fsp3) is 0.393. The highest BCUT2D eigenvalue weighted by atomic mass is 79.9. The predicted molar refractivity (Wildman–Crippen MR) is 140 cm³/mol. The first kappa shape index (κ1) is 24.1. The van der Waals surface area contributed by atoms with Crippen LogP contribution in [0.4, 0.5) is 0 Å². The molecule has 6 nitrogen and oxygen atoms in total. The van der Waals surface area contributed by atoms with Crippen LogP contribution in [-0.4, -0.2) is 71.1 Å². The van der Waals surface area contributed by atoms with E-state index in [1.807, 2.05) is 11.0 Å². The normalized spacial score (nSPS) is 17.5. The smallest absolute Gasteiger partial charge is 0.273 e. The average Bonchev–Trinajstić information content (AvgIpc) is 2.93. The SMILES string of the molecule is O=C(c1ncnc(CCc2cccc(-c3ccccc3)c2)c1Br)N1CCC(N2CCOCC2)CC1. The molecule has 0 saturated carbocycles. The van der Waals surface area contributed by atoms with E-state index in [2.05, 4.69) is 79.3 Å². The van der Waals surface area contributed by atoms with E-state index in [1.54, 1.807) is 0 Å². The molecule has 2 aliphatic heterocycles. The van der Waals surface area contributed by atoms with Crippen LogP contribution in [0.2, 0.25) is 0 Å². The van der Waals surface area contributed by atoms with Gasteiger partial charge < -0.3 is 9.64 Å². The molecular weight excluding hydrogens is 504 g/mol. The van der Waals surface area contributed by atoms with Crippen LogP contribution in [-0.2, 0) is 17.6 Å². The Morgan fingerprint density at radius 1 is 0.914 bits per heavy atom. The number of aromatic nitrogens is 2. The van der Waals surface area contributed by atoms with Crippen LogP contribution in [0.5, 0.6) is 0 Å². The number of hydrogen-bond acceptors (Lipinski definition) is 5. The van der Waals surface area contributed by atoms with E-state index in [0.717, 1.165) is 75.2 Å². The van der Waals surface area contributed by atoms with Crippen LogP contribution in [0, 0.1) is 0 Å². The molecule has 0 aliphatic carbocycles. The van der Waals surface area contributed by atoms with Crippen LogP contribution in [0.15, 0.2) is 65.4 Å². The maximum atomic E-state index is 13.3. The molecule has 1 aromatic heterocycles. The predicted octanol–water partition coefficient (Wildman–Crippen LogP) is 4.63. The summed E-state index contributed by atoms with van der Waals surface area (Å²) in [6, 6.07) is 19.6. The van der Waals surface area contributed by atoms with Gasteiger partial charge in [0.25, 0.3) is 5.91 Å². The number of benzene rings is 2. The van der Waals surface area contributed by atoms with Gasteiger partial charge in [-0.25, -0.2) is 9.97 Å². The molecule has 7 heteroatoms. The Morgan fingerprint density at radius 2 is 1.66 bits per heavy atom. The Bertz CT molecular complexity index is 1140. The molecule has 1 amide bonds. The second kappa shape index (κ2) is 11.4. The van der Waals surface area contributed by atoms with Gasteiger partial charge in [0, 0.05) is 32.2 Å². The molecule has 35 heavy (non-hydrogen) atoms. The summed E-state index contributed by atoms with van der Waals surface area (Å²) in [6.07, 6.45) is 5.10. The van der Waals surface area contributed by atoms with Crippen molar-refractivity contribution < 1.29 is 9.53 Å². The van der Waals surface area contributed by atoms with Crippen molar-refractivity contribution in [2.24, 2.45) is 0 Å². The third-order valence-electron chi connectivity index (χ3n) is 7.06. The van der Waals surface area contributed by atoms with Gasteiger partial charge in [0.05, 0.1) is 23.4 Å². The Kier molecular flexibility index (Phi) is 7.86. The number of ether oxygens (including phenoxy) is 1. The van der Waals surface area contributed by atoms with Gasteiger partial charge in [-0.2, -0.15) is 0 Å². The third-order valence-corrected chi connectivity index (χ3v) is 7.90. The van der Waals surface area contributed by atoms with E-state index < -0.39 is 0 Å². The molecule has 2 saturated heterocycles. The van der Waals surface area contributed by atoms with E-state index >= 15 is 0 Å². The minimum absolute atomic E-state index is 0.00738. The van der Waals surface area contributed by atoms with Crippen LogP contribution in [0.25, 0.3) is 11.1 Å². The lowest BCUT2D eigenvalue weighted by Gasteiger charge is -2.40. The largest absolute Gasteiger partial charge is 0.379 e. The van der Waals surface area contributed by atoms with Gasteiger partial charge in [-0.1, -0.05) is 54.6 Å². The van der Waals surface area contributed by atoms with Crippen LogP contribution >= 0.6 is 15.9 Å². The van der Waals surface area contributed by atoms with Gasteiger partial charge in [0.15, 0.2) is 0 Å². The van der Waals surface area contributed by atoms with Crippen LogP contribution < -0.4 is 0 Å². The topological polar surface area (TPSA) is 58.6 Å². The van der Waals surface area contributed by atoms with E-state index in [-0.39, 0.29) is 5.91 Å². The van der Waals surface area contributed by atoms with Gasteiger partial charge in [0.2, 0.25) is 0 Å². The number of piperidine rings is 1. The molecule has 3 aromatic rings. The minimum Gasteiger partial charge on any atom is -0.379 e. The second-order valence-corrected chi connectivity index (χ2v) is 10.0. The zero-order valence-electron chi connectivity index (χ0n) is 19.9. The summed E-state index contributed by atoms with van der Waals surface area (Å²) in [5.74, 6) is -0.00738. The first-order valence-electron chi connectivity index (χ1n) is 12.4. The zero-order chi connectivity index (χ0) is 24.0. The molecule has 0 atom stereocenters. The number of halogens is 1. The zero-order valence-corrected chi connectivity index (χ0v) is 21.5. The standard InChI is InChI=1S/C28H31BrN4O2/c29-26-25(10-9-21-5-4-8-23(19-21)22-6-2-1-3-7-22)30-20-31-27(26)28(34)33-13-11-24(12-14-33)32-15-17-35-18-16-32/h1-8,19-20,24H,9-18H2. The third kappa shape index (κ3) is 5.80. The molecule has 5 rings (SSSR count). The van der Waals surface area contributed by atoms with Crippen molar-refractivity contribution in [1.29, 1.82) is 0 Å². The van der Waals surface area contributed by atoms with Gasteiger partial charge in [0.1, 0.15) is 12.0 Å². The molecule has 2 aromatic carbocycles. The van der Waals surface area contributed by atoms with Gasteiger partial charge in [-0.05, 0) is 58.3 Å². The number of nitrogens with zero attached hydrogens (tertiary/aromatic N) is 4. The maximum Gasteiger partial charge on any atom is 0.273 e. The summed E-state index contributed by atoms with van der Waals surface area (Å²) >= 11 is 3.65. The first-order valence-corrected chi connectivity index (χ1v) is 13.2. The van der Waals surface area contributed by atoms with Crippen molar-refractivity contribution in [3.8, 4) is 11.1 Å². The lowest BCUT2D eigenvalue weighted by atomic mass is 10.0. The number of likely N-dealkylation sites (tertiary alicyclic amines) is 1. The van der Waals surface area contributed by atoms with Gasteiger partial charge in [-0.15, -0.1) is 0 Å². The molecular formula is C28H31BrN4O2. The maximum absolute atomic E-state index is 13.3. The van der Waals surface area contributed by atoms with E-state index in [0.29, 0.717) is 11.7 Å². The highest BCUT2D eigenvalue weighted by molar-refractivity contribution is 9.10. The summed E-state index contributed by atoms with van der Waals surface area (Å²) < 4.78 is 6.20. The quantitative estimate of drug-likeness (QED) is 0.461. The highest BCUT2D eigenvalue weighted by Crippen LogP contribution is 2.25. The molecule has 0 N–H and O–H groups in total. The minimum atomic E-state index is -0.00738. The Labute approximate surface area is 215 Å². The first-order chi connectivity index (χ1) is 17.2. The second-order valence-electron chi connectivity index (χ2n) is 9.22. The van der Waals surface area contributed by atoms with Crippen molar-refractivity contribution >= 4 is 21.8 Å². The Balaban J connectivity index is 1.22. The summed E-state index contributed by atoms with van der Waals surface area (Å²) in [4.78, 5) is 26.6. The van der Waals surface area contributed by atoms with Crippen LogP contribution in [0.3, 0.4) is 0 Å². The average molecular weight is 535 g/mol. The van der Waals surface area contributed by atoms with Crippen molar-refractivity contribution in [2.75, 3.05) is 39.4 Å². The summed E-state index contributed by atoms with van der Waals surface area (Å²) in [7, 11) is 0. The van der Waals surface area contributed by atoms with E-state index in [4.69, 9.17) is 4.74 Å². The summed E-state index contributed by atoms with van der Waals surface area (Å²) in [5, 5.41) is 0. The summed E-state index contributed by atoms with van der Waals surface area (Å²) in [5.41, 5.74) is 5.01. The molecule has 2 fully saturated rings. The lowest BCUT2D eigenvalue weighted by molar-refractivity contribution is 0.00151. The molecule has 2 aliphatic rings. The van der Waals surface area contributed by atoms with Gasteiger partial charge >= 0.3 is 0 Å². The Hall–Kier alpha value is -2.61.